The quantitative estimate of drug-likeness (QED) is 0.729. The molecule has 0 atom stereocenters. The van der Waals surface area contributed by atoms with Crippen molar-refractivity contribution in [1.29, 1.82) is 0 Å². The van der Waals surface area contributed by atoms with Gasteiger partial charge in [0.05, 0.1) is 0 Å². The standard InChI is InChI=1S/C18H20F2N2O2/c1-13-6-8-14(9-7-13)17(23)22-11-10-21-12-15-4-2-3-5-16(15)24-18(19)20/h2-9,18,21H,10-12H2,1H3,(H,22,23). The van der Waals surface area contributed by atoms with Crippen LogP contribution in [0.3, 0.4) is 0 Å². The Morgan fingerprint density at radius 3 is 2.50 bits per heavy atom. The van der Waals surface area contributed by atoms with Gasteiger partial charge in [-0.2, -0.15) is 8.78 Å². The molecule has 2 aromatic carbocycles. The summed E-state index contributed by atoms with van der Waals surface area (Å²) in [4.78, 5) is 11.9. The summed E-state index contributed by atoms with van der Waals surface area (Å²) >= 11 is 0. The Bertz CT molecular complexity index is 660. The molecule has 0 aliphatic rings. The predicted octanol–water partition coefficient (Wildman–Crippen LogP) is 3.12. The van der Waals surface area contributed by atoms with Crippen molar-refractivity contribution in [3.63, 3.8) is 0 Å². The van der Waals surface area contributed by atoms with E-state index in [1.807, 2.05) is 19.1 Å². The minimum Gasteiger partial charge on any atom is -0.434 e. The number of halogens is 2. The third kappa shape index (κ3) is 5.62. The van der Waals surface area contributed by atoms with Crippen molar-refractivity contribution in [3.8, 4) is 5.75 Å². The van der Waals surface area contributed by atoms with Crippen LogP contribution in [0.1, 0.15) is 21.5 Å². The molecule has 0 aliphatic carbocycles. The molecule has 0 fully saturated rings. The molecule has 0 aliphatic heterocycles. The lowest BCUT2D eigenvalue weighted by Gasteiger charge is -2.11. The number of hydrogen-bond acceptors (Lipinski definition) is 3. The smallest absolute Gasteiger partial charge is 0.387 e. The van der Waals surface area contributed by atoms with E-state index in [-0.39, 0.29) is 11.7 Å². The largest absolute Gasteiger partial charge is 0.434 e. The lowest BCUT2D eigenvalue weighted by molar-refractivity contribution is -0.0505. The molecule has 0 radical (unpaired) electrons. The van der Waals surface area contributed by atoms with Crippen LogP contribution in [0.2, 0.25) is 0 Å². The Labute approximate surface area is 139 Å². The number of amides is 1. The molecular weight excluding hydrogens is 314 g/mol. The van der Waals surface area contributed by atoms with Gasteiger partial charge in [-0.25, -0.2) is 0 Å². The number of nitrogens with one attached hydrogen (secondary N) is 2. The number of carbonyl (C=O) groups excluding carboxylic acids is 1. The second-order valence-electron chi connectivity index (χ2n) is 5.28. The van der Waals surface area contributed by atoms with E-state index in [4.69, 9.17) is 0 Å². The van der Waals surface area contributed by atoms with Gasteiger partial charge in [0.1, 0.15) is 5.75 Å². The van der Waals surface area contributed by atoms with Crippen LogP contribution >= 0.6 is 0 Å². The lowest BCUT2D eigenvalue weighted by Crippen LogP contribution is -2.31. The summed E-state index contributed by atoms with van der Waals surface area (Å²) in [7, 11) is 0. The molecule has 0 saturated heterocycles. The molecule has 24 heavy (non-hydrogen) atoms. The first-order valence-electron chi connectivity index (χ1n) is 7.64. The molecule has 0 spiro atoms. The molecule has 4 nitrogen and oxygen atoms in total. The highest BCUT2D eigenvalue weighted by Gasteiger charge is 2.08. The van der Waals surface area contributed by atoms with Crippen LogP contribution in [-0.4, -0.2) is 25.6 Å². The summed E-state index contributed by atoms with van der Waals surface area (Å²) in [5, 5.41) is 5.89. The van der Waals surface area contributed by atoms with Gasteiger partial charge in [-0.1, -0.05) is 35.9 Å². The predicted molar refractivity (Wildman–Crippen MR) is 88.3 cm³/mol. The van der Waals surface area contributed by atoms with E-state index in [0.29, 0.717) is 30.8 Å². The highest BCUT2D eigenvalue weighted by molar-refractivity contribution is 5.94. The first kappa shape index (κ1) is 17.9. The van der Waals surface area contributed by atoms with Gasteiger partial charge < -0.3 is 15.4 Å². The Hall–Kier alpha value is -2.47. The fourth-order valence-corrected chi connectivity index (χ4v) is 2.16. The number of carbonyl (C=O) groups is 1. The van der Waals surface area contributed by atoms with Crippen molar-refractivity contribution in [3.05, 3.63) is 65.2 Å². The zero-order chi connectivity index (χ0) is 17.4. The third-order valence-electron chi connectivity index (χ3n) is 3.41. The number of alkyl halides is 2. The Morgan fingerprint density at radius 1 is 1.08 bits per heavy atom. The molecule has 0 heterocycles. The number of benzene rings is 2. The Balaban J connectivity index is 1.73. The minimum absolute atomic E-state index is 0.141. The fourth-order valence-electron chi connectivity index (χ4n) is 2.16. The van der Waals surface area contributed by atoms with Gasteiger partial charge >= 0.3 is 6.61 Å². The molecular formula is C18H20F2N2O2. The first-order chi connectivity index (χ1) is 11.6. The summed E-state index contributed by atoms with van der Waals surface area (Å²) in [6.45, 7) is 0.440. The fraction of sp³-hybridized carbons (Fsp3) is 0.278. The number of hydrogen-bond donors (Lipinski definition) is 2. The van der Waals surface area contributed by atoms with E-state index >= 15 is 0 Å². The third-order valence-corrected chi connectivity index (χ3v) is 3.41. The number of para-hydroxylation sites is 1. The Kier molecular flexibility index (Phi) is 6.69. The highest BCUT2D eigenvalue weighted by atomic mass is 19.3. The van der Waals surface area contributed by atoms with Crippen molar-refractivity contribution in [2.24, 2.45) is 0 Å². The number of aryl methyl sites for hydroxylation is 1. The molecule has 128 valence electrons. The maximum absolute atomic E-state index is 12.3. The lowest BCUT2D eigenvalue weighted by atomic mass is 10.1. The van der Waals surface area contributed by atoms with Crippen molar-refractivity contribution in [1.82, 2.24) is 10.6 Å². The van der Waals surface area contributed by atoms with Gasteiger partial charge in [0.25, 0.3) is 5.91 Å². The molecule has 2 rings (SSSR count). The van der Waals surface area contributed by atoms with Crippen LogP contribution < -0.4 is 15.4 Å². The van der Waals surface area contributed by atoms with E-state index in [9.17, 15) is 13.6 Å². The van der Waals surface area contributed by atoms with Gasteiger partial charge in [0, 0.05) is 30.8 Å². The summed E-state index contributed by atoms with van der Waals surface area (Å²) in [6.07, 6.45) is 0. The second kappa shape index (κ2) is 8.98. The molecule has 0 saturated carbocycles. The zero-order valence-electron chi connectivity index (χ0n) is 13.4. The molecule has 2 aromatic rings. The van der Waals surface area contributed by atoms with Gasteiger partial charge in [-0.05, 0) is 25.1 Å². The Morgan fingerprint density at radius 2 is 1.79 bits per heavy atom. The summed E-state index contributed by atoms with van der Waals surface area (Å²) in [5.41, 5.74) is 2.34. The van der Waals surface area contributed by atoms with Crippen LogP contribution in [0.5, 0.6) is 5.75 Å². The molecule has 2 N–H and O–H groups in total. The van der Waals surface area contributed by atoms with Crippen molar-refractivity contribution < 1.29 is 18.3 Å². The zero-order valence-corrected chi connectivity index (χ0v) is 13.4. The maximum atomic E-state index is 12.3. The number of ether oxygens (including phenoxy) is 1. The van der Waals surface area contributed by atoms with E-state index in [0.717, 1.165) is 5.56 Å². The molecule has 1 amide bonds. The monoisotopic (exact) mass is 334 g/mol. The van der Waals surface area contributed by atoms with Gasteiger partial charge in [0.2, 0.25) is 0 Å². The van der Waals surface area contributed by atoms with E-state index in [1.54, 1.807) is 30.3 Å². The average molecular weight is 334 g/mol. The van der Waals surface area contributed by atoms with Crippen LogP contribution in [0.25, 0.3) is 0 Å². The molecule has 6 heteroatoms. The average Bonchev–Trinajstić information content (AvgIpc) is 2.56. The van der Waals surface area contributed by atoms with Crippen LogP contribution in [0, 0.1) is 6.92 Å². The second-order valence-corrected chi connectivity index (χ2v) is 5.28. The molecule has 0 aromatic heterocycles. The summed E-state index contributed by atoms with van der Waals surface area (Å²) in [5.74, 6) is 0.0157. The van der Waals surface area contributed by atoms with E-state index in [2.05, 4.69) is 15.4 Å². The maximum Gasteiger partial charge on any atom is 0.387 e. The van der Waals surface area contributed by atoms with Crippen LogP contribution in [0.4, 0.5) is 8.78 Å². The van der Waals surface area contributed by atoms with E-state index in [1.165, 1.54) is 6.07 Å². The minimum atomic E-state index is -2.85. The van der Waals surface area contributed by atoms with Crippen molar-refractivity contribution in [2.45, 2.75) is 20.1 Å². The first-order valence-corrected chi connectivity index (χ1v) is 7.64. The summed E-state index contributed by atoms with van der Waals surface area (Å²) in [6, 6.07) is 13.9. The topological polar surface area (TPSA) is 50.4 Å². The SMILES string of the molecule is Cc1ccc(C(=O)NCCNCc2ccccc2OC(F)F)cc1. The van der Waals surface area contributed by atoms with Crippen molar-refractivity contribution >= 4 is 5.91 Å². The summed E-state index contributed by atoms with van der Waals surface area (Å²) < 4.78 is 29.1. The van der Waals surface area contributed by atoms with Gasteiger partial charge in [0.15, 0.2) is 0 Å². The van der Waals surface area contributed by atoms with Crippen molar-refractivity contribution in [2.75, 3.05) is 13.1 Å². The normalized spacial score (nSPS) is 10.7. The highest BCUT2D eigenvalue weighted by Crippen LogP contribution is 2.19. The van der Waals surface area contributed by atoms with Crippen LogP contribution in [-0.2, 0) is 6.54 Å². The number of rotatable bonds is 8. The van der Waals surface area contributed by atoms with Gasteiger partial charge in [-0.15, -0.1) is 0 Å². The van der Waals surface area contributed by atoms with E-state index < -0.39 is 6.61 Å². The van der Waals surface area contributed by atoms with Gasteiger partial charge in [-0.3, -0.25) is 4.79 Å². The molecule has 0 unspecified atom stereocenters. The van der Waals surface area contributed by atoms with Crippen LogP contribution in [0.15, 0.2) is 48.5 Å². The molecule has 0 bridgehead atoms.